The number of imide groups is 1. The van der Waals surface area contributed by atoms with Crippen LogP contribution in [0.2, 0.25) is 0 Å². The van der Waals surface area contributed by atoms with Crippen molar-refractivity contribution >= 4 is 17.8 Å². The van der Waals surface area contributed by atoms with Gasteiger partial charge in [0.15, 0.2) is 0 Å². The predicted octanol–water partition coefficient (Wildman–Crippen LogP) is -1.96. The Morgan fingerprint density at radius 1 is 1.67 bits per heavy atom. The van der Waals surface area contributed by atoms with Crippen molar-refractivity contribution in [3.05, 3.63) is 0 Å². The molecule has 0 aromatic rings. The van der Waals surface area contributed by atoms with E-state index in [-0.39, 0.29) is 19.6 Å². The number of nitrogens with zero attached hydrogens (tertiary/aromatic N) is 1. The zero-order valence-electron chi connectivity index (χ0n) is 8.32. The lowest BCUT2D eigenvalue weighted by molar-refractivity contribution is -0.130. The minimum atomic E-state index is -0.656. The Bertz CT molecular complexity index is 274. The molecular formula is C8H13N3O4. The summed E-state index contributed by atoms with van der Waals surface area (Å²) in [6.07, 6.45) is -0.656. The number of hydrogen-bond donors (Lipinski definition) is 3. The van der Waals surface area contributed by atoms with Crippen LogP contribution in [-0.2, 0) is 9.59 Å². The highest BCUT2D eigenvalue weighted by Crippen LogP contribution is 1.97. The summed E-state index contributed by atoms with van der Waals surface area (Å²) in [7, 11) is 0. The average molecular weight is 215 g/mol. The molecular weight excluding hydrogens is 202 g/mol. The van der Waals surface area contributed by atoms with Gasteiger partial charge in [-0.05, 0) is 6.92 Å². The standard InChI is InChI=1S/C8H13N3O4/c1-5(12)2-9-6(13)4-11-7(14)3-10-8(11)15/h5,12H,2-4H2,1H3,(H,9,13)(H,10,15)/t5-/m1/s1. The van der Waals surface area contributed by atoms with E-state index in [2.05, 4.69) is 10.6 Å². The maximum absolute atomic E-state index is 11.2. The molecule has 1 aliphatic rings. The molecule has 0 aromatic heterocycles. The molecule has 7 nitrogen and oxygen atoms in total. The first-order valence-electron chi connectivity index (χ1n) is 4.53. The van der Waals surface area contributed by atoms with Crippen LogP contribution in [0.15, 0.2) is 0 Å². The van der Waals surface area contributed by atoms with Crippen LogP contribution in [-0.4, -0.2) is 53.6 Å². The molecule has 0 radical (unpaired) electrons. The van der Waals surface area contributed by atoms with Crippen molar-refractivity contribution in [1.29, 1.82) is 0 Å². The number of amides is 4. The lowest BCUT2D eigenvalue weighted by atomic mass is 10.4. The Morgan fingerprint density at radius 3 is 2.80 bits per heavy atom. The van der Waals surface area contributed by atoms with E-state index >= 15 is 0 Å². The molecule has 1 fully saturated rings. The van der Waals surface area contributed by atoms with Crippen LogP contribution >= 0.6 is 0 Å². The van der Waals surface area contributed by atoms with Crippen molar-refractivity contribution in [1.82, 2.24) is 15.5 Å². The van der Waals surface area contributed by atoms with Gasteiger partial charge >= 0.3 is 6.03 Å². The van der Waals surface area contributed by atoms with Crippen molar-refractivity contribution in [2.75, 3.05) is 19.6 Å². The molecule has 0 aromatic carbocycles. The van der Waals surface area contributed by atoms with Crippen LogP contribution in [0.25, 0.3) is 0 Å². The second-order valence-corrected chi connectivity index (χ2v) is 3.29. The van der Waals surface area contributed by atoms with E-state index in [4.69, 9.17) is 5.11 Å². The van der Waals surface area contributed by atoms with Gasteiger partial charge in [0.25, 0.3) is 5.91 Å². The fourth-order valence-electron chi connectivity index (χ4n) is 1.08. The number of aliphatic hydroxyl groups is 1. The molecule has 15 heavy (non-hydrogen) atoms. The van der Waals surface area contributed by atoms with Gasteiger partial charge in [-0.25, -0.2) is 4.79 Å². The van der Waals surface area contributed by atoms with E-state index in [1.807, 2.05) is 0 Å². The summed E-state index contributed by atoms with van der Waals surface area (Å²) in [4.78, 5) is 34.1. The smallest absolute Gasteiger partial charge is 0.325 e. The lowest BCUT2D eigenvalue weighted by Gasteiger charge is -2.12. The summed E-state index contributed by atoms with van der Waals surface area (Å²) in [6.45, 7) is 1.25. The zero-order chi connectivity index (χ0) is 11.4. The molecule has 1 atom stereocenters. The first-order valence-corrected chi connectivity index (χ1v) is 4.53. The monoisotopic (exact) mass is 215 g/mol. The van der Waals surface area contributed by atoms with Crippen molar-refractivity contribution in [3.8, 4) is 0 Å². The van der Waals surface area contributed by atoms with E-state index in [0.717, 1.165) is 4.90 Å². The number of carbonyl (C=O) groups is 3. The SMILES string of the molecule is C[C@@H](O)CNC(=O)CN1C(=O)CNC1=O. The molecule has 1 aliphatic heterocycles. The third kappa shape index (κ3) is 3.21. The minimum absolute atomic E-state index is 0.0669. The number of aliphatic hydroxyl groups excluding tert-OH is 1. The molecule has 84 valence electrons. The Balaban J connectivity index is 2.37. The maximum Gasteiger partial charge on any atom is 0.325 e. The largest absolute Gasteiger partial charge is 0.392 e. The third-order valence-electron chi connectivity index (χ3n) is 1.83. The molecule has 3 N–H and O–H groups in total. The number of urea groups is 1. The minimum Gasteiger partial charge on any atom is -0.392 e. The highest BCUT2D eigenvalue weighted by molar-refractivity contribution is 6.04. The summed E-state index contributed by atoms with van der Waals surface area (Å²) in [5, 5.41) is 13.6. The van der Waals surface area contributed by atoms with Crippen LogP contribution in [0.3, 0.4) is 0 Å². The number of hydrogen-bond acceptors (Lipinski definition) is 4. The van der Waals surface area contributed by atoms with Gasteiger partial charge in [0.2, 0.25) is 5.91 Å². The number of carbonyl (C=O) groups excluding carboxylic acids is 3. The van der Waals surface area contributed by atoms with Gasteiger partial charge in [0.05, 0.1) is 12.6 Å². The van der Waals surface area contributed by atoms with E-state index in [1.54, 1.807) is 0 Å². The Hall–Kier alpha value is -1.63. The lowest BCUT2D eigenvalue weighted by Crippen LogP contribution is -2.42. The van der Waals surface area contributed by atoms with Crippen molar-refractivity contribution < 1.29 is 19.5 Å². The van der Waals surface area contributed by atoms with Gasteiger partial charge in [-0.3, -0.25) is 14.5 Å². The second kappa shape index (κ2) is 4.74. The normalized spacial score (nSPS) is 17.6. The van der Waals surface area contributed by atoms with Gasteiger partial charge in [0, 0.05) is 6.54 Å². The van der Waals surface area contributed by atoms with E-state index in [1.165, 1.54) is 6.92 Å². The van der Waals surface area contributed by atoms with E-state index in [0.29, 0.717) is 0 Å². The van der Waals surface area contributed by atoms with Crippen LogP contribution in [0.5, 0.6) is 0 Å². The highest BCUT2D eigenvalue weighted by atomic mass is 16.3. The third-order valence-corrected chi connectivity index (χ3v) is 1.83. The van der Waals surface area contributed by atoms with Crippen molar-refractivity contribution in [2.24, 2.45) is 0 Å². The number of rotatable bonds is 4. The molecule has 0 saturated carbocycles. The van der Waals surface area contributed by atoms with Gasteiger partial charge in [-0.15, -0.1) is 0 Å². The fraction of sp³-hybridized carbons (Fsp3) is 0.625. The summed E-state index contributed by atoms with van der Waals surface area (Å²) >= 11 is 0. The van der Waals surface area contributed by atoms with Crippen LogP contribution in [0.4, 0.5) is 4.79 Å². The Kier molecular flexibility index (Phi) is 3.62. The second-order valence-electron chi connectivity index (χ2n) is 3.29. The average Bonchev–Trinajstić information content (AvgIpc) is 2.46. The van der Waals surface area contributed by atoms with Gasteiger partial charge in [-0.1, -0.05) is 0 Å². The topological polar surface area (TPSA) is 98.7 Å². The zero-order valence-corrected chi connectivity index (χ0v) is 8.32. The van der Waals surface area contributed by atoms with Crippen molar-refractivity contribution in [2.45, 2.75) is 13.0 Å². The molecule has 4 amide bonds. The van der Waals surface area contributed by atoms with Gasteiger partial charge < -0.3 is 15.7 Å². The molecule has 0 bridgehead atoms. The van der Waals surface area contributed by atoms with E-state index < -0.39 is 23.9 Å². The first-order chi connectivity index (χ1) is 7.00. The summed E-state index contributed by atoms with van der Waals surface area (Å²) in [5.41, 5.74) is 0. The molecule has 0 aliphatic carbocycles. The van der Waals surface area contributed by atoms with Crippen LogP contribution in [0, 0.1) is 0 Å². The maximum atomic E-state index is 11.2. The highest BCUT2D eigenvalue weighted by Gasteiger charge is 2.29. The summed E-state index contributed by atoms with van der Waals surface area (Å²) in [6, 6.07) is -0.563. The predicted molar refractivity (Wildman–Crippen MR) is 49.8 cm³/mol. The molecule has 0 unspecified atom stereocenters. The van der Waals surface area contributed by atoms with Gasteiger partial charge in [-0.2, -0.15) is 0 Å². The molecule has 7 heteroatoms. The summed E-state index contributed by atoms with van der Waals surface area (Å²) < 4.78 is 0. The number of nitrogens with one attached hydrogen (secondary N) is 2. The molecule has 0 spiro atoms. The van der Waals surface area contributed by atoms with Crippen LogP contribution in [0.1, 0.15) is 6.92 Å². The Labute approximate surface area is 86.4 Å². The molecule has 1 saturated heterocycles. The first kappa shape index (κ1) is 11.4. The molecule has 1 rings (SSSR count). The fourth-order valence-corrected chi connectivity index (χ4v) is 1.08. The quantitative estimate of drug-likeness (QED) is 0.474. The molecule has 1 heterocycles. The van der Waals surface area contributed by atoms with Crippen molar-refractivity contribution in [3.63, 3.8) is 0 Å². The Morgan fingerprint density at radius 2 is 2.33 bits per heavy atom. The van der Waals surface area contributed by atoms with E-state index in [9.17, 15) is 14.4 Å². The van der Waals surface area contributed by atoms with Gasteiger partial charge in [0.1, 0.15) is 6.54 Å². The summed E-state index contributed by atoms with van der Waals surface area (Å²) in [5.74, 6) is -0.895. The van der Waals surface area contributed by atoms with Crippen LogP contribution < -0.4 is 10.6 Å².